The second-order valence-corrected chi connectivity index (χ2v) is 7.42. The summed E-state index contributed by atoms with van der Waals surface area (Å²) in [6, 6.07) is 9.52. The fraction of sp³-hybridized carbons (Fsp3) is 0.125. The Morgan fingerprint density at radius 2 is 2.12 bits per heavy atom. The van der Waals surface area contributed by atoms with Gasteiger partial charge in [0.2, 0.25) is 0 Å². The lowest BCUT2D eigenvalue weighted by atomic mass is 10.2. The predicted octanol–water partition coefficient (Wildman–Crippen LogP) is 2.98. The molecule has 130 valence electrons. The number of sulfonamides is 1. The van der Waals surface area contributed by atoms with Crippen LogP contribution in [0.15, 0.2) is 56.6 Å². The van der Waals surface area contributed by atoms with E-state index >= 15 is 0 Å². The Hall–Kier alpha value is -2.74. The van der Waals surface area contributed by atoms with Gasteiger partial charge < -0.3 is 10.1 Å². The van der Waals surface area contributed by atoms with Gasteiger partial charge in [0.25, 0.3) is 10.0 Å². The molecule has 9 heteroatoms. The number of carbonyl (C=O) groups is 1. The molecule has 1 aromatic heterocycles. The minimum Gasteiger partial charge on any atom is -0.763 e. The summed E-state index contributed by atoms with van der Waals surface area (Å²) in [5, 5.41) is 10.7. The first kappa shape index (κ1) is 18.6. The second-order valence-electron chi connectivity index (χ2n) is 4.56. The third-order valence-corrected chi connectivity index (χ3v) is 5.62. The van der Waals surface area contributed by atoms with Gasteiger partial charge in [0.15, 0.2) is 0 Å². The molecule has 7 nitrogen and oxygen atoms in total. The van der Waals surface area contributed by atoms with Gasteiger partial charge in [-0.3, -0.25) is 15.6 Å². The lowest BCUT2D eigenvalue weighted by Crippen LogP contribution is -2.11. The van der Waals surface area contributed by atoms with Crippen molar-refractivity contribution in [2.45, 2.75) is 11.1 Å². The van der Waals surface area contributed by atoms with E-state index in [4.69, 9.17) is 10.1 Å². The first-order valence-electron chi connectivity index (χ1n) is 7.11. The molecular weight excluding hydrogens is 362 g/mol. The van der Waals surface area contributed by atoms with Gasteiger partial charge in [-0.05, 0) is 30.5 Å². The molecule has 0 fully saturated rings. The number of nitrogens with zero attached hydrogens (tertiary/aromatic N) is 2. The molecule has 0 spiro atoms. The van der Waals surface area contributed by atoms with Crippen LogP contribution in [0.4, 0.5) is 11.4 Å². The Morgan fingerprint density at radius 1 is 1.36 bits per heavy atom. The number of rotatable bonds is 7. The van der Waals surface area contributed by atoms with E-state index in [1.807, 2.05) is 0 Å². The molecule has 0 aliphatic carbocycles. The van der Waals surface area contributed by atoms with Crippen molar-refractivity contribution in [2.24, 2.45) is 4.99 Å². The van der Waals surface area contributed by atoms with E-state index < -0.39 is 16.0 Å². The topological polar surface area (TPSA) is 107 Å². The van der Waals surface area contributed by atoms with Gasteiger partial charge in [0, 0.05) is 6.21 Å². The number of hydrogen-bond acceptors (Lipinski definition) is 6. The van der Waals surface area contributed by atoms with Crippen molar-refractivity contribution in [2.75, 3.05) is 11.3 Å². The van der Waals surface area contributed by atoms with Crippen LogP contribution in [0.2, 0.25) is 0 Å². The molecule has 0 saturated heterocycles. The maximum absolute atomic E-state index is 12.3. The Morgan fingerprint density at radius 3 is 2.76 bits per heavy atom. The Balaban J connectivity index is 2.28. The summed E-state index contributed by atoms with van der Waals surface area (Å²) < 4.78 is 32.0. The Labute approximate surface area is 149 Å². The fourth-order valence-electron chi connectivity index (χ4n) is 1.75. The molecule has 0 unspecified atom stereocenters. The summed E-state index contributed by atoms with van der Waals surface area (Å²) in [5.41, 5.74) is 0.214. The van der Waals surface area contributed by atoms with Crippen molar-refractivity contribution in [3.63, 3.8) is 0 Å². The number of carbonyl (C=O) groups excluding carboxylic acids is 1. The summed E-state index contributed by atoms with van der Waals surface area (Å²) in [5.74, 6) is 0.916. The highest BCUT2D eigenvalue weighted by atomic mass is 32.2. The molecule has 0 atom stereocenters. The fourth-order valence-corrected chi connectivity index (χ4v) is 3.82. The van der Waals surface area contributed by atoms with Crippen LogP contribution in [-0.4, -0.2) is 33.1 Å². The van der Waals surface area contributed by atoms with Gasteiger partial charge in [0.1, 0.15) is 4.21 Å². The molecule has 0 aliphatic rings. The van der Waals surface area contributed by atoms with Crippen molar-refractivity contribution in [1.29, 1.82) is 0 Å². The number of hydrogen-bond donors (Lipinski definition) is 1. The molecule has 0 radical (unpaired) electrons. The SMILES string of the molecule is CCOC(=O)C(=C=[N-])C=Nc1ccccc1NS(=O)(=O)c1cccs1. The van der Waals surface area contributed by atoms with Gasteiger partial charge in [-0.25, -0.2) is 13.2 Å². The summed E-state index contributed by atoms with van der Waals surface area (Å²) in [6.45, 7) is 1.76. The van der Waals surface area contributed by atoms with E-state index in [-0.39, 0.29) is 27.8 Å². The summed E-state index contributed by atoms with van der Waals surface area (Å²) in [6.07, 6.45) is 1.05. The maximum Gasteiger partial charge on any atom is 0.345 e. The van der Waals surface area contributed by atoms with Crippen molar-refractivity contribution >= 4 is 50.8 Å². The third kappa shape index (κ3) is 4.87. The molecule has 25 heavy (non-hydrogen) atoms. The molecule has 2 aromatic rings. The van der Waals surface area contributed by atoms with Crippen molar-refractivity contribution in [1.82, 2.24) is 0 Å². The third-order valence-electron chi connectivity index (χ3n) is 2.86. The van der Waals surface area contributed by atoms with Crippen LogP contribution in [0, 0.1) is 0 Å². The van der Waals surface area contributed by atoms with E-state index in [2.05, 4.69) is 9.71 Å². The number of anilines is 1. The van der Waals surface area contributed by atoms with Gasteiger partial charge in [-0.2, -0.15) is 0 Å². The van der Waals surface area contributed by atoms with Crippen LogP contribution in [0.25, 0.3) is 5.41 Å². The molecule has 0 bridgehead atoms. The molecule has 1 aromatic carbocycles. The zero-order valence-corrected chi connectivity index (χ0v) is 14.8. The minimum atomic E-state index is -3.73. The highest BCUT2D eigenvalue weighted by molar-refractivity contribution is 7.94. The largest absolute Gasteiger partial charge is 0.763 e. The quantitative estimate of drug-likeness (QED) is 0.455. The van der Waals surface area contributed by atoms with Gasteiger partial charge in [-0.15, -0.1) is 11.3 Å². The summed E-state index contributed by atoms with van der Waals surface area (Å²) in [4.78, 5) is 15.6. The number of esters is 1. The molecule has 1 N–H and O–H groups in total. The van der Waals surface area contributed by atoms with Crippen molar-refractivity contribution < 1.29 is 17.9 Å². The monoisotopic (exact) mass is 376 g/mol. The number of para-hydroxylation sites is 2. The highest BCUT2D eigenvalue weighted by Crippen LogP contribution is 2.28. The highest BCUT2D eigenvalue weighted by Gasteiger charge is 2.16. The Kier molecular flexibility index (Phi) is 6.24. The second kappa shape index (κ2) is 8.39. The molecule has 0 amide bonds. The zero-order chi connectivity index (χ0) is 18.3. The normalized spacial score (nSPS) is 11.1. The molecule has 0 aliphatic heterocycles. The molecule has 0 saturated carbocycles. The smallest absolute Gasteiger partial charge is 0.345 e. The summed E-state index contributed by atoms with van der Waals surface area (Å²) >= 11 is 1.09. The van der Waals surface area contributed by atoms with Gasteiger partial charge >= 0.3 is 5.97 Å². The van der Waals surface area contributed by atoms with Crippen LogP contribution in [0.3, 0.4) is 0 Å². The number of thiophene rings is 1. The lowest BCUT2D eigenvalue weighted by Gasteiger charge is -2.09. The number of benzene rings is 1. The minimum absolute atomic E-state index is 0.134. The van der Waals surface area contributed by atoms with E-state index in [1.165, 1.54) is 12.1 Å². The van der Waals surface area contributed by atoms with E-state index in [9.17, 15) is 13.2 Å². The molecule has 2 rings (SSSR count). The number of nitrogens with one attached hydrogen (secondary N) is 1. The standard InChI is InChI=1S/C16H14N3O4S2/c1-2-23-16(20)12(10-17)11-18-13-6-3-4-7-14(13)19-25(21,22)15-8-5-9-24-15/h3-9,11,19H,2H2,1H3/q-1. The predicted molar refractivity (Wildman–Crippen MR) is 98.2 cm³/mol. The average molecular weight is 376 g/mol. The van der Waals surface area contributed by atoms with Crippen LogP contribution >= 0.6 is 11.3 Å². The number of aliphatic imine (C=N–C) groups is 1. The summed E-state index contributed by atoms with van der Waals surface area (Å²) in [7, 11) is -3.73. The van der Waals surface area contributed by atoms with Crippen LogP contribution in [-0.2, 0) is 19.6 Å². The van der Waals surface area contributed by atoms with Crippen LogP contribution in [0.1, 0.15) is 6.92 Å². The van der Waals surface area contributed by atoms with Gasteiger partial charge in [0.05, 0.1) is 23.6 Å². The van der Waals surface area contributed by atoms with Crippen molar-refractivity contribution in [3.8, 4) is 0 Å². The molecule has 1 heterocycles. The molecular formula is C16H14N3O4S2-. The first-order valence-corrected chi connectivity index (χ1v) is 9.48. The van der Waals surface area contributed by atoms with Crippen molar-refractivity contribution in [3.05, 3.63) is 52.8 Å². The first-order chi connectivity index (χ1) is 12.0. The lowest BCUT2D eigenvalue weighted by molar-refractivity contribution is -0.137. The van der Waals surface area contributed by atoms with Crippen LogP contribution in [0.5, 0.6) is 0 Å². The average Bonchev–Trinajstić information content (AvgIpc) is 3.12. The number of ether oxygens (including phenoxy) is 1. The van der Waals surface area contributed by atoms with Crippen LogP contribution < -0.4 is 4.72 Å². The zero-order valence-electron chi connectivity index (χ0n) is 13.2. The van der Waals surface area contributed by atoms with E-state index in [0.29, 0.717) is 0 Å². The maximum atomic E-state index is 12.3. The van der Waals surface area contributed by atoms with E-state index in [1.54, 1.807) is 42.4 Å². The van der Waals surface area contributed by atoms with Gasteiger partial charge in [-0.1, -0.05) is 18.2 Å². The van der Waals surface area contributed by atoms with E-state index in [0.717, 1.165) is 17.6 Å². The Bertz CT molecular complexity index is 928.